The number of aromatic nitrogens is 1. The number of nitrogens with zero attached hydrogens (tertiary/aromatic N) is 1. The van der Waals surface area contributed by atoms with Crippen molar-refractivity contribution < 1.29 is 8.42 Å². The largest absolute Gasteiger partial charge is 0.251 e. The molecule has 1 aromatic heterocycles. The molecular weight excluding hydrogens is 300 g/mol. The van der Waals surface area contributed by atoms with Gasteiger partial charge in [0.15, 0.2) is 4.21 Å². The number of nitrogens with one attached hydrogen (secondary N) is 1. The van der Waals surface area contributed by atoms with Gasteiger partial charge in [-0.25, -0.2) is 18.1 Å². The van der Waals surface area contributed by atoms with Crippen molar-refractivity contribution in [3.63, 3.8) is 0 Å². The Morgan fingerprint density at radius 3 is 2.80 bits per heavy atom. The van der Waals surface area contributed by atoms with E-state index in [1.807, 2.05) is 6.92 Å². The van der Waals surface area contributed by atoms with Crippen molar-refractivity contribution in [1.29, 1.82) is 0 Å². The molecule has 7 heteroatoms. The van der Waals surface area contributed by atoms with Crippen LogP contribution in [0.4, 0.5) is 0 Å². The van der Waals surface area contributed by atoms with E-state index in [0.29, 0.717) is 0 Å². The Kier molecular flexibility index (Phi) is 4.69. The molecule has 0 fully saturated rings. The van der Waals surface area contributed by atoms with Gasteiger partial charge >= 0.3 is 0 Å². The van der Waals surface area contributed by atoms with Crippen LogP contribution in [0.15, 0.2) is 10.4 Å². The van der Waals surface area contributed by atoms with Crippen molar-refractivity contribution in [2.75, 3.05) is 5.33 Å². The first kappa shape index (κ1) is 13.1. The molecular formula is C8H13BrN2O2S2. The standard InChI is InChI=1S/C8H13BrN2O2S2/c1-6(3-4-9)11-15(12,13)8-5-10-7(2)14-8/h5-6,11H,3-4H2,1-2H3. The third-order valence-corrected chi connectivity index (χ3v) is 5.18. The second-order valence-corrected chi connectivity index (χ2v) is 7.17. The number of rotatable bonds is 5. The van der Waals surface area contributed by atoms with Gasteiger partial charge in [-0.1, -0.05) is 15.9 Å². The third kappa shape index (κ3) is 3.82. The number of sulfonamides is 1. The maximum absolute atomic E-state index is 11.8. The Morgan fingerprint density at radius 1 is 1.67 bits per heavy atom. The molecule has 1 aromatic rings. The first-order chi connectivity index (χ1) is 6.95. The Labute approximate surface area is 102 Å². The zero-order valence-corrected chi connectivity index (χ0v) is 11.7. The van der Waals surface area contributed by atoms with E-state index in [1.165, 1.54) is 17.5 Å². The van der Waals surface area contributed by atoms with Gasteiger partial charge in [-0.3, -0.25) is 0 Å². The molecule has 0 amide bonds. The van der Waals surface area contributed by atoms with E-state index in [9.17, 15) is 8.42 Å². The second kappa shape index (κ2) is 5.38. The predicted molar refractivity (Wildman–Crippen MR) is 65.0 cm³/mol. The summed E-state index contributed by atoms with van der Waals surface area (Å²) in [6.45, 7) is 3.62. The lowest BCUT2D eigenvalue weighted by molar-refractivity contribution is 0.559. The van der Waals surface area contributed by atoms with Gasteiger partial charge in [0, 0.05) is 11.4 Å². The molecule has 15 heavy (non-hydrogen) atoms. The van der Waals surface area contributed by atoms with Crippen LogP contribution in [0, 0.1) is 6.92 Å². The molecule has 0 spiro atoms. The van der Waals surface area contributed by atoms with Gasteiger partial charge in [-0.15, -0.1) is 11.3 Å². The van der Waals surface area contributed by atoms with Crippen LogP contribution in [-0.4, -0.2) is 24.8 Å². The molecule has 86 valence electrons. The first-order valence-corrected chi connectivity index (χ1v) is 7.88. The van der Waals surface area contributed by atoms with Crippen LogP contribution in [0.1, 0.15) is 18.4 Å². The van der Waals surface area contributed by atoms with Gasteiger partial charge in [-0.05, 0) is 20.3 Å². The minimum absolute atomic E-state index is 0.0724. The van der Waals surface area contributed by atoms with E-state index >= 15 is 0 Å². The molecule has 0 saturated heterocycles. The van der Waals surface area contributed by atoms with Gasteiger partial charge < -0.3 is 0 Å². The first-order valence-electron chi connectivity index (χ1n) is 4.46. The molecule has 0 aliphatic heterocycles. The highest BCUT2D eigenvalue weighted by atomic mass is 79.9. The highest BCUT2D eigenvalue weighted by molar-refractivity contribution is 9.09. The SMILES string of the molecule is Cc1ncc(S(=O)(=O)NC(C)CCBr)s1. The van der Waals surface area contributed by atoms with E-state index < -0.39 is 10.0 Å². The minimum Gasteiger partial charge on any atom is -0.249 e. The lowest BCUT2D eigenvalue weighted by Gasteiger charge is -2.10. The van der Waals surface area contributed by atoms with Crippen molar-refractivity contribution in [1.82, 2.24) is 9.71 Å². The zero-order chi connectivity index (χ0) is 11.5. The fourth-order valence-electron chi connectivity index (χ4n) is 1.01. The molecule has 1 heterocycles. The lowest BCUT2D eigenvalue weighted by atomic mass is 10.3. The van der Waals surface area contributed by atoms with Crippen molar-refractivity contribution in [3.05, 3.63) is 11.2 Å². The number of hydrogen-bond acceptors (Lipinski definition) is 4. The zero-order valence-electron chi connectivity index (χ0n) is 8.53. The molecule has 1 N–H and O–H groups in total. The van der Waals surface area contributed by atoms with Gasteiger partial charge in [-0.2, -0.15) is 0 Å². The molecule has 1 unspecified atom stereocenters. The second-order valence-electron chi connectivity index (χ2n) is 3.20. The smallest absolute Gasteiger partial charge is 0.249 e. The van der Waals surface area contributed by atoms with E-state index in [2.05, 4.69) is 25.6 Å². The molecule has 0 aromatic carbocycles. The number of halogens is 1. The van der Waals surface area contributed by atoms with Crippen molar-refractivity contribution in [2.45, 2.75) is 30.5 Å². The van der Waals surface area contributed by atoms with E-state index in [4.69, 9.17) is 0 Å². The number of hydrogen-bond donors (Lipinski definition) is 1. The predicted octanol–water partition coefficient (Wildman–Crippen LogP) is 1.90. The Bertz CT molecular complexity index is 416. The summed E-state index contributed by atoms with van der Waals surface area (Å²) in [5.41, 5.74) is 0. The lowest BCUT2D eigenvalue weighted by Crippen LogP contribution is -2.32. The maximum Gasteiger partial charge on any atom is 0.251 e. The quantitative estimate of drug-likeness (QED) is 0.845. The van der Waals surface area contributed by atoms with Crippen LogP contribution < -0.4 is 4.72 Å². The summed E-state index contributed by atoms with van der Waals surface area (Å²) in [7, 11) is -3.38. The summed E-state index contributed by atoms with van der Waals surface area (Å²) in [5, 5.41) is 1.53. The topological polar surface area (TPSA) is 59.1 Å². The highest BCUT2D eigenvalue weighted by Crippen LogP contribution is 2.18. The molecule has 0 saturated carbocycles. The van der Waals surface area contributed by atoms with E-state index in [1.54, 1.807) is 6.92 Å². The van der Waals surface area contributed by atoms with Crippen molar-refractivity contribution >= 4 is 37.3 Å². The number of thiazole rings is 1. The average Bonchev–Trinajstić information content (AvgIpc) is 2.51. The van der Waals surface area contributed by atoms with Crippen LogP contribution >= 0.6 is 27.3 Å². The fourth-order valence-corrected chi connectivity index (χ4v) is 4.10. The third-order valence-electron chi connectivity index (χ3n) is 1.76. The normalized spacial score (nSPS) is 14.1. The van der Waals surface area contributed by atoms with Gasteiger partial charge in [0.1, 0.15) is 0 Å². The van der Waals surface area contributed by atoms with Crippen molar-refractivity contribution in [3.8, 4) is 0 Å². The summed E-state index contributed by atoms with van der Waals surface area (Å²) in [6, 6.07) is -0.0724. The van der Waals surface area contributed by atoms with Gasteiger partial charge in [0.05, 0.1) is 11.2 Å². The van der Waals surface area contributed by atoms with Crippen LogP contribution in [0.2, 0.25) is 0 Å². The summed E-state index contributed by atoms with van der Waals surface area (Å²) < 4.78 is 26.4. The van der Waals surface area contributed by atoms with Crippen LogP contribution in [-0.2, 0) is 10.0 Å². The molecule has 0 aliphatic carbocycles. The molecule has 1 atom stereocenters. The summed E-state index contributed by atoms with van der Waals surface area (Å²) in [4.78, 5) is 3.93. The highest BCUT2D eigenvalue weighted by Gasteiger charge is 2.19. The summed E-state index contributed by atoms with van der Waals surface area (Å²) in [5.74, 6) is 0. The Balaban J connectivity index is 2.76. The summed E-state index contributed by atoms with van der Waals surface area (Å²) >= 11 is 4.45. The van der Waals surface area contributed by atoms with Crippen LogP contribution in [0.3, 0.4) is 0 Å². The maximum atomic E-state index is 11.8. The average molecular weight is 313 g/mol. The molecule has 0 aliphatic rings. The number of alkyl halides is 1. The van der Waals surface area contributed by atoms with Crippen LogP contribution in [0.5, 0.6) is 0 Å². The van der Waals surface area contributed by atoms with Gasteiger partial charge in [0.2, 0.25) is 0 Å². The van der Waals surface area contributed by atoms with Gasteiger partial charge in [0.25, 0.3) is 10.0 Å². The fraction of sp³-hybridized carbons (Fsp3) is 0.625. The molecule has 0 bridgehead atoms. The minimum atomic E-state index is -3.38. The molecule has 4 nitrogen and oxygen atoms in total. The Hall–Kier alpha value is 0.0200. The molecule has 0 radical (unpaired) electrons. The van der Waals surface area contributed by atoms with E-state index in [-0.39, 0.29) is 10.3 Å². The van der Waals surface area contributed by atoms with E-state index in [0.717, 1.165) is 16.8 Å². The number of aryl methyl sites for hydroxylation is 1. The Morgan fingerprint density at radius 2 is 2.33 bits per heavy atom. The molecule has 1 rings (SSSR count). The van der Waals surface area contributed by atoms with Crippen molar-refractivity contribution in [2.24, 2.45) is 0 Å². The van der Waals surface area contributed by atoms with Crippen LogP contribution in [0.25, 0.3) is 0 Å². The monoisotopic (exact) mass is 312 g/mol. The summed E-state index contributed by atoms with van der Waals surface area (Å²) in [6.07, 6.45) is 2.15.